The fraction of sp³-hybridized carbons (Fsp3) is 0.462. The van der Waals surface area contributed by atoms with Crippen molar-refractivity contribution in [1.82, 2.24) is 14.9 Å². The van der Waals surface area contributed by atoms with Gasteiger partial charge in [-0.3, -0.25) is 10.2 Å². The summed E-state index contributed by atoms with van der Waals surface area (Å²) in [5.74, 6) is 6.56. The molecule has 2 heterocycles. The molecule has 8 heteroatoms. The van der Waals surface area contributed by atoms with Crippen molar-refractivity contribution >= 4 is 39.2 Å². The van der Waals surface area contributed by atoms with Crippen LogP contribution < -0.4 is 16.2 Å². The van der Waals surface area contributed by atoms with Crippen LogP contribution in [0, 0.1) is 6.92 Å². The lowest BCUT2D eigenvalue weighted by Crippen LogP contribution is -2.37. The molecule has 1 amide bonds. The maximum atomic E-state index is 12.0. The highest BCUT2D eigenvalue weighted by atomic mass is 32.1. The topological polar surface area (TPSA) is 87.4 Å². The fourth-order valence-corrected chi connectivity index (χ4v) is 2.85. The number of hydrogen-bond donors (Lipinski definition) is 2. The highest BCUT2D eigenvalue weighted by molar-refractivity contribution is 7.18. The van der Waals surface area contributed by atoms with Gasteiger partial charge in [0.05, 0.1) is 11.9 Å². The number of aromatic nitrogens is 2. The van der Waals surface area contributed by atoms with E-state index in [0.29, 0.717) is 12.5 Å². The number of nitrogen functional groups attached to an aromatic ring is 1. The molecule has 2 aromatic rings. The zero-order valence-electron chi connectivity index (χ0n) is 12.7. The Morgan fingerprint density at radius 1 is 1.43 bits per heavy atom. The normalized spacial score (nSPS) is 10.7. The van der Waals surface area contributed by atoms with E-state index in [9.17, 15) is 4.79 Å². The zero-order valence-corrected chi connectivity index (χ0v) is 13.5. The maximum Gasteiger partial charge on any atom is 0.241 e. The van der Waals surface area contributed by atoms with Gasteiger partial charge in [0.15, 0.2) is 0 Å². The zero-order chi connectivity index (χ0) is 15.6. The van der Waals surface area contributed by atoms with Crippen molar-refractivity contribution in [3.63, 3.8) is 0 Å². The predicted octanol–water partition coefficient (Wildman–Crippen LogP) is 1.20. The Kier molecular flexibility index (Phi) is 4.59. The molecule has 2 rings (SSSR count). The Labute approximate surface area is 127 Å². The number of anilines is 2. The van der Waals surface area contributed by atoms with E-state index in [0.717, 1.165) is 20.9 Å². The van der Waals surface area contributed by atoms with E-state index in [1.165, 1.54) is 0 Å². The lowest BCUT2D eigenvalue weighted by atomic mass is 10.3. The van der Waals surface area contributed by atoms with Gasteiger partial charge in [-0.05, 0) is 19.9 Å². The number of amides is 1. The van der Waals surface area contributed by atoms with Gasteiger partial charge in [0.1, 0.15) is 10.6 Å². The van der Waals surface area contributed by atoms with Crippen LogP contribution in [-0.2, 0) is 4.79 Å². The smallest absolute Gasteiger partial charge is 0.241 e. The number of hydrazine groups is 1. The lowest BCUT2D eigenvalue weighted by Gasteiger charge is -2.24. The van der Waals surface area contributed by atoms with Crippen molar-refractivity contribution in [1.29, 1.82) is 0 Å². The van der Waals surface area contributed by atoms with Crippen LogP contribution in [0.25, 0.3) is 10.2 Å². The lowest BCUT2D eigenvalue weighted by molar-refractivity contribution is -0.127. The molecular weight excluding hydrogens is 288 g/mol. The summed E-state index contributed by atoms with van der Waals surface area (Å²) in [7, 11) is 3.49. The van der Waals surface area contributed by atoms with E-state index in [1.807, 2.05) is 24.8 Å². The molecule has 0 bridgehead atoms. The summed E-state index contributed by atoms with van der Waals surface area (Å²) < 4.78 is 0. The van der Waals surface area contributed by atoms with Crippen LogP contribution in [0.4, 0.5) is 11.8 Å². The quantitative estimate of drug-likeness (QED) is 0.637. The number of likely N-dealkylation sites (N-methyl/N-ethyl adjacent to an activating group) is 2. The molecular formula is C13H20N6OS. The molecule has 0 saturated carbocycles. The standard InChI is InChI=1S/C13H20N6OS/c1-5-19(7-10(20)18(3)4)11-9-6-8(2)21-12(9)16-13(15-11)17-14/h6H,5,7,14H2,1-4H3,(H,15,16,17). The number of rotatable bonds is 5. The first-order valence-electron chi connectivity index (χ1n) is 6.66. The number of nitrogens with zero attached hydrogens (tertiary/aromatic N) is 4. The average Bonchev–Trinajstić information content (AvgIpc) is 2.83. The molecule has 0 saturated heterocycles. The van der Waals surface area contributed by atoms with Gasteiger partial charge in [-0.2, -0.15) is 4.98 Å². The first-order chi connectivity index (χ1) is 9.96. The molecule has 7 nitrogen and oxygen atoms in total. The minimum atomic E-state index is 0.0258. The van der Waals surface area contributed by atoms with Gasteiger partial charge in [0.2, 0.25) is 11.9 Å². The number of fused-ring (bicyclic) bond motifs is 1. The molecule has 0 aliphatic heterocycles. The molecule has 0 radical (unpaired) electrons. The monoisotopic (exact) mass is 308 g/mol. The van der Waals surface area contributed by atoms with Crippen LogP contribution in [-0.4, -0.2) is 48.0 Å². The van der Waals surface area contributed by atoms with E-state index >= 15 is 0 Å². The molecule has 0 unspecified atom stereocenters. The Balaban J connectivity index is 2.48. The first-order valence-corrected chi connectivity index (χ1v) is 7.47. The number of hydrogen-bond acceptors (Lipinski definition) is 7. The summed E-state index contributed by atoms with van der Waals surface area (Å²) in [4.78, 5) is 26.3. The largest absolute Gasteiger partial charge is 0.347 e. The number of nitrogens with one attached hydrogen (secondary N) is 1. The summed E-state index contributed by atoms with van der Waals surface area (Å²) in [5, 5.41) is 0.949. The second kappa shape index (κ2) is 6.23. The van der Waals surface area contributed by atoms with Gasteiger partial charge in [-0.25, -0.2) is 10.8 Å². The Morgan fingerprint density at radius 2 is 2.14 bits per heavy atom. The van der Waals surface area contributed by atoms with Crippen molar-refractivity contribution in [3.05, 3.63) is 10.9 Å². The first kappa shape index (κ1) is 15.5. The van der Waals surface area contributed by atoms with Crippen molar-refractivity contribution in [2.24, 2.45) is 5.84 Å². The van der Waals surface area contributed by atoms with E-state index < -0.39 is 0 Å². The van der Waals surface area contributed by atoms with Crippen LogP contribution in [0.1, 0.15) is 11.8 Å². The van der Waals surface area contributed by atoms with Crippen molar-refractivity contribution < 1.29 is 4.79 Å². The number of nitrogens with two attached hydrogens (primary N) is 1. The van der Waals surface area contributed by atoms with Gasteiger partial charge < -0.3 is 9.80 Å². The summed E-state index contributed by atoms with van der Waals surface area (Å²) in [6, 6.07) is 2.04. The fourth-order valence-electron chi connectivity index (χ4n) is 1.97. The minimum Gasteiger partial charge on any atom is -0.347 e. The Bertz CT molecular complexity index is 653. The predicted molar refractivity (Wildman–Crippen MR) is 86.5 cm³/mol. The number of carbonyl (C=O) groups is 1. The van der Waals surface area contributed by atoms with Crippen LogP contribution in [0.3, 0.4) is 0 Å². The third kappa shape index (κ3) is 3.22. The second-order valence-electron chi connectivity index (χ2n) is 4.89. The molecule has 0 aromatic carbocycles. The molecule has 0 atom stereocenters. The summed E-state index contributed by atoms with van der Waals surface area (Å²) in [6.45, 7) is 4.96. The Hall–Kier alpha value is -1.93. The van der Waals surface area contributed by atoms with E-state index in [-0.39, 0.29) is 12.5 Å². The Morgan fingerprint density at radius 3 is 2.71 bits per heavy atom. The molecule has 0 fully saturated rings. The van der Waals surface area contributed by atoms with Gasteiger partial charge in [-0.1, -0.05) is 0 Å². The molecule has 0 aliphatic carbocycles. The molecule has 21 heavy (non-hydrogen) atoms. The number of aryl methyl sites for hydroxylation is 1. The van der Waals surface area contributed by atoms with Crippen LogP contribution in [0.5, 0.6) is 0 Å². The van der Waals surface area contributed by atoms with E-state index in [2.05, 4.69) is 15.4 Å². The van der Waals surface area contributed by atoms with Crippen molar-refractivity contribution in [2.45, 2.75) is 13.8 Å². The van der Waals surface area contributed by atoms with Gasteiger partial charge in [-0.15, -0.1) is 11.3 Å². The van der Waals surface area contributed by atoms with E-state index in [4.69, 9.17) is 5.84 Å². The molecule has 0 spiro atoms. The summed E-state index contributed by atoms with van der Waals surface area (Å²) in [5.41, 5.74) is 2.49. The van der Waals surface area contributed by atoms with Gasteiger partial charge >= 0.3 is 0 Å². The maximum absolute atomic E-state index is 12.0. The van der Waals surface area contributed by atoms with Crippen LogP contribution in [0.15, 0.2) is 6.07 Å². The molecule has 114 valence electrons. The van der Waals surface area contributed by atoms with Gasteiger partial charge in [0.25, 0.3) is 0 Å². The molecule has 3 N–H and O–H groups in total. The van der Waals surface area contributed by atoms with Crippen LogP contribution >= 0.6 is 11.3 Å². The minimum absolute atomic E-state index is 0.0258. The molecule has 0 aliphatic rings. The highest BCUT2D eigenvalue weighted by Crippen LogP contribution is 2.31. The number of thiophene rings is 1. The number of carbonyl (C=O) groups excluding carboxylic acids is 1. The van der Waals surface area contributed by atoms with E-state index in [1.54, 1.807) is 30.3 Å². The summed E-state index contributed by atoms with van der Waals surface area (Å²) in [6.07, 6.45) is 0. The van der Waals surface area contributed by atoms with Gasteiger partial charge in [0, 0.05) is 25.5 Å². The van der Waals surface area contributed by atoms with Crippen LogP contribution in [0.2, 0.25) is 0 Å². The second-order valence-corrected chi connectivity index (χ2v) is 6.13. The summed E-state index contributed by atoms with van der Waals surface area (Å²) >= 11 is 1.58. The van der Waals surface area contributed by atoms with Crippen molar-refractivity contribution in [2.75, 3.05) is 37.5 Å². The third-order valence-electron chi connectivity index (χ3n) is 3.13. The molecule has 2 aromatic heterocycles. The average molecular weight is 308 g/mol. The van der Waals surface area contributed by atoms with Crippen molar-refractivity contribution in [3.8, 4) is 0 Å². The SMILES string of the molecule is CCN(CC(=O)N(C)C)c1nc(NN)nc2sc(C)cc12. The highest BCUT2D eigenvalue weighted by Gasteiger charge is 2.18. The third-order valence-corrected chi connectivity index (χ3v) is 4.08.